The molecule has 1 N–H and O–H groups in total. The number of carbonyl (C=O) groups excluding carboxylic acids is 1. The van der Waals surface area contributed by atoms with Crippen molar-refractivity contribution < 1.29 is 13.6 Å². The first-order chi connectivity index (χ1) is 11.7. The van der Waals surface area contributed by atoms with Gasteiger partial charge in [-0.3, -0.25) is 4.79 Å². The number of nitrogens with one attached hydrogen (secondary N) is 1. The molecule has 0 unspecified atom stereocenters. The Morgan fingerprint density at radius 3 is 2.88 bits per heavy atom. The summed E-state index contributed by atoms with van der Waals surface area (Å²) < 4.78 is 10.6. The molecule has 0 aliphatic carbocycles. The van der Waals surface area contributed by atoms with Crippen molar-refractivity contribution in [2.24, 2.45) is 0 Å². The molecule has 1 amide bonds. The molecule has 0 saturated heterocycles. The number of benzene rings is 1. The average molecular weight is 319 g/mol. The van der Waals surface area contributed by atoms with E-state index in [4.69, 9.17) is 14.1 Å². The van der Waals surface area contributed by atoms with E-state index >= 15 is 0 Å². The number of nitriles is 1. The Bertz CT molecular complexity index is 931. The fourth-order valence-corrected chi connectivity index (χ4v) is 2.08. The van der Waals surface area contributed by atoms with Crippen LogP contribution in [0.25, 0.3) is 17.5 Å². The number of anilines is 1. The monoisotopic (exact) mass is 319 g/mol. The van der Waals surface area contributed by atoms with Crippen LogP contribution >= 0.6 is 0 Å². The lowest BCUT2D eigenvalue weighted by Gasteiger charge is -2.05. The van der Waals surface area contributed by atoms with Crippen LogP contribution in [0.1, 0.15) is 11.5 Å². The molecule has 24 heavy (non-hydrogen) atoms. The van der Waals surface area contributed by atoms with Crippen molar-refractivity contribution in [3.8, 4) is 17.5 Å². The number of carbonyl (C=O) groups is 1. The lowest BCUT2D eigenvalue weighted by molar-refractivity contribution is -0.112. The largest absolute Gasteiger partial charge is 0.465 e. The van der Waals surface area contributed by atoms with E-state index in [9.17, 15) is 4.79 Å². The number of hydrogen-bond acceptors (Lipinski definition) is 5. The highest BCUT2D eigenvalue weighted by Gasteiger charge is 2.12. The van der Waals surface area contributed by atoms with Crippen molar-refractivity contribution in [2.45, 2.75) is 6.92 Å². The number of furan rings is 1. The van der Waals surface area contributed by atoms with Gasteiger partial charge in [-0.15, -0.1) is 0 Å². The number of oxazole rings is 1. The zero-order valence-electron chi connectivity index (χ0n) is 12.8. The third-order valence-electron chi connectivity index (χ3n) is 3.18. The fourth-order valence-electron chi connectivity index (χ4n) is 2.08. The van der Waals surface area contributed by atoms with Gasteiger partial charge < -0.3 is 14.2 Å². The van der Waals surface area contributed by atoms with Gasteiger partial charge in [0.25, 0.3) is 5.91 Å². The van der Waals surface area contributed by atoms with Crippen LogP contribution in [0.15, 0.2) is 63.3 Å². The van der Waals surface area contributed by atoms with Crippen molar-refractivity contribution in [2.75, 3.05) is 5.32 Å². The summed E-state index contributed by atoms with van der Waals surface area (Å²) in [6.07, 6.45) is 4.48. The molecule has 0 saturated carbocycles. The average Bonchev–Trinajstić information content (AvgIpc) is 3.24. The van der Waals surface area contributed by atoms with Crippen molar-refractivity contribution in [3.63, 3.8) is 0 Å². The highest BCUT2D eigenvalue weighted by atomic mass is 16.4. The number of aromatic nitrogens is 1. The molecule has 3 rings (SSSR count). The number of nitrogens with zero attached hydrogens (tertiary/aromatic N) is 2. The van der Waals surface area contributed by atoms with E-state index in [1.807, 2.05) is 12.1 Å². The minimum absolute atomic E-state index is 0.0534. The topological polar surface area (TPSA) is 92.1 Å². The van der Waals surface area contributed by atoms with E-state index in [2.05, 4.69) is 10.3 Å². The summed E-state index contributed by atoms with van der Waals surface area (Å²) in [6.45, 7) is 1.81. The maximum absolute atomic E-state index is 12.2. The maximum Gasteiger partial charge on any atom is 0.266 e. The lowest BCUT2D eigenvalue weighted by atomic mass is 10.2. The maximum atomic E-state index is 12.2. The molecule has 1 aromatic carbocycles. The van der Waals surface area contributed by atoms with Crippen molar-refractivity contribution in [3.05, 3.63) is 66.0 Å². The SMILES string of the molecule is Cc1cnc(-c2cccc(NC(=O)/C(C#N)=C\c3ccco3)c2)o1. The van der Waals surface area contributed by atoms with Crippen LogP contribution < -0.4 is 5.32 Å². The lowest BCUT2D eigenvalue weighted by Crippen LogP contribution is -2.13. The van der Waals surface area contributed by atoms with E-state index < -0.39 is 5.91 Å². The molecule has 0 aliphatic rings. The van der Waals surface area contributed by atoms with Gasteiger partial charge in [-0.25, -0.2) is 4.98 Å². The van der Waals surface area contributed by atoms with Crippen LogP contribution in [-0.4, -0.2) is 10.9 Å². The second-order valence-corrected chi connectivity index (χ2v) is 5.00. The van der Waals surface area contributed by atoms with Crippen LogP contribution in [-0.2, 0) is 4.79 Å². The van der Waals surface area contributed by atoms with Crippen LogP contribution in [0.4, 0.5) is 5.69 Å². The summed E-state index contributed by atoms with van der Waals surface area (Å²) in [4.78, 5) is 16.4. The molecule has 6 heteroatoms. The van der Waals surface area contributed by atoms with Gasteiger partial charge in [0.2, 0.25) is 5.89 Å². The molecule has 0 atom stereocenters. The number of rotatable bonds is 4. The first kappa shape index (κ1) is 15.3. The van der Waals surface area contributed by atoms with Crippen molar-refractivity contribution in [1.82, 2.24) is 4.98 Å². The molecule has 0 spiro atoms. The second-order valence-electron chi connectivity index (χ2n) is 5.00. The highest BCUT2D eigenvalue weighted by Crippen LogP contribution is 2.22. The number of aryl methyl sites for hydroxylation is 1. The molecule has 118 valence electrons. The zero-order valence-corrected chi connectivity index (χ0v) is 12.8. The predicted octanol–water partition coefficient (Wildman–Crippen LogP) is 3.79. The first-order valence-electron chi connectivity index (χ1n) is 7.15. The molecule has 0 fully saturated rings. The first-order valence-corrected chi connectivity index (χ1v) is 7.15. The molecule has 6 nitrogen and oxygen atoms in total. The minimum atomic E-state index is -0.519. The Balaban J connectivity index is 1.80. The van der Waals surface area contributed by atoms with Gasteiger partial charge in [0.05, 0.1) is 12.5 Å². The van der Waals surface area contributed by atoms with Gasteiger partial charge in [-0.2, -0.15) is 5.26 Å². The summed E-state index contributed by atoms with van der Waals surface area (Å²) in [5.74, 6) is 1.09. The number of amides is 1. The summed E-state index contributed by atoms with van der Waals surface area (Å²) >= 11 is 0. The van der Waals surface area contributed by atoms with Crippen LogP contribution in [0.5, 0.6) is 0 Å². The Kier molecular flexibility index (Phi) is 4.25. The third kappa shape index (κ3) is 3.42. The zero-order chi connectivity index (χ0) is 16.9. The second kappa shape index (κ2) is 6.67. The van der Waals surface area contributed by atoms with Gasteiger partial charge in [-0.1, -0.05) is 6.07 Å². The third-order valence-corrected chi connectivity index (χ3v) is 3.18. The summed E-state index contributed by atoms with van der Waals surface area (Å²) in [6, 6.07) is 12.3. The van der Waals surface area contributed by atoms with Gasteiger partial charge in [0.15, 0.2) is 0 Å². The Morgan fingerprint density at radius 1 is 1.33 bits per heavy atom. The van der Waals surface area contributed by atoms with E-state index in [1.165, 1.54) is 12.3 Å². The van der Waals surface area contributed by atoms with Gasteiger partial charge >= 0.3 is 0 Å². The quantitative estimate of drug-likeness (QED) is 0.583. The van der Waals surface area contributed by atoms with Crippen molar-refractivity contribution >= 4 is 17.7 Å². The molecule has 2 heterocycles. The minimum Gasteiger partial charge on any atom is -0.465 e. The van der Waals surface area contributed by atoms with Gasteiger partial charge in [-0.05, 0) is 37.3 Å². The van der Waals surface area contributed by atoms with Crippen LogP contribution in [0, 0.1) is 18.3 Å². The highest BCUT2D eigenvalue weighted by molar-refractivity contribution is 6.09. The van der Waals surface area contributed by atoms with Crippen LogP contribution in [0.3, 0.4) is 0 Å². The van der Waals surface area contributed by atoms with Crippen molar-refractivity contribution in [1.29, 1.82) is 5.26 Å². The normalized spacial score (nSPS) is 11.1. The van der Waals surface area contributed by atoms with Gasteiger partial charge in [0, 0.05) is 17.3 Å². The predicted molar refractivity (Wildman–Crippen MR) is 87.6 cm³/mol. The Labute approximate surface area is 138 Å². The fraction of sp³-hybridized carbons (Fsp3) is 0.0556. The summed E-state index contributed by atoms with van der Waals surface area (Å²) in [5, 5.41) is 11.8. The molecule has 3 aromatic rings. The standard InChI is InChI=1S/C18H13N3O3/c1-12-11-20-18(24-12)13-4-2-5-15(8-13)21-17(22)14(10-19)9-16-6-3-7-23-16/h2-9,11H,1H3,(H,21,22)/b14-9-. The summed E-state index contributed by atoms with van der Waals surface area (Å²) in [5.41, 5.74) is 1.21. The van der Waals surface area contributed by atoms with E-state index in [0.29, 0.717) is 23.1 Å². The molecular formula is C18H13N3O3. The van der Waals surface area contributed by atoms with Crippen LogP contribution in [0.2, 0.25) is 0 Å². The van der Waals surface area contributed by atoms with Gasteiger partial charge in [0.1, 0.15) is 23.2 Å². The Morgan fingerprint density at radius 2 is 2.21 bits per heavy atom. The van der Waals surface area contributed by atoms with E-state index in [-0.39, 0.29) is 5.57 Å². The number of hydrogen-bond donors (Lipinski definition) is 1. The Hall–Kier alpha value is -3.59. The molecule has 0 bridgehead atoms. The van der Waals surface area contributed by atoms with E-state index in [1.54, 1.807) is 43.5 Å². The molecule has 0 radical (unpaired) electrons. The molecule has 2 aromatic heterocycles. The molecular weight excluding hydrogens is 306 g/mol. The summed E-state index contributed by atoms with van der Waals surface area (Å²) in [7, 11) is 0. The molecule has 0 aliphatic heterocycles. The smallest absolute Gasteiger partial charge is 0.266 e. The van der Waals surface area contributed by atoms with E-state index in [0.717, 1.165) is 5.56 Å².